The number of nitrogens with zero attached hydrogens (tertiary/aromatic N) is 4. The van der Waals surface area contributed by atoms with Gasteiger partial charge in [0.25, 0.3) is 0 Å². The van der Waals surface area contributed by atoms with E-state index in [9.17, 15) is 8.42 Å². The van der Waals surface area contributed by atoms with E-state index in [0.717, 1.165) is 31.1 Å². The highest BCUT2D eigenvalue weighted by Crippen LogP contribution is 2.35. The van der Waals surface area contributed by atoms with E-state index in [1.807, 2.05) is 18.2 Å². The number of aromatic amines is 1. The number of H-pyrrole nitrogens is 1. The summed E-state index contributed by atoms with van der Waals surface area (Å²) >= 11 is 0. The number of primary sulfonamides is 1. The molecule has 1 aliphatic heterocycles. The van der Waals surface area contributed by atoms with Gasteiger partial charge in [0, 0.05) is 12.1 Å². The minimum Gasteiger partial charge on any atom is -0.299 e. The summed E-state index contributed by atoms with van der Waals surface area (Å²) in [6, 6.07) is 13.1. The molecule has 29 heavy (non-hydrogen) atoms. The largest absolute Gasteiger partial charge is 0.299 e. The maximum Gasteiger partial charge on any atom is 0.238 e. The van der Waals surface area contributed by atoms with E-state index in [2.05, 4.69) is 44.6 Å². The van der Waals surface area contributed by atoms with E-state index < -0.39 is 10.0 Å². The fourth-order valence-electron chi connectivity index (χ4n) is 3.79. The van der Waals surface area contributed by atoms with E-state index in [1.54, 1.807) is 6.07 Å². The van der Waals surface area contributed by atoms with Crippen LogP contribution in [0, 0.1) is 5.92 Å². The van der Waals surface area contributed by atoms with E-state index in [4.69, 9.17) is 5.14 Å². The van der Waals surface area contributed by atoms with Crippen LogP contribution < -0.4 is 5.14 Å². The monoisotopic (exact) mass is 412 g/mol. The van der Waals surface area contributed by atoms with Gasteiger partial charge in [0.05, 0.1) is 4.90 Å². The number of rotatable bonds is 5. The normalized spacial score (nSPS) is 16.2. The Balaban J connectivity index is 1.67. The molecular weight excluding hydrogens is 388 g/mol. The Bertz CT molecular complexity index is 1070. The quantitative estimate of drug-likeness (QED) is 0.664. The van der Waals surface area contributed by atoms with Crippen molar-refractivity contribution in [1.29, 1.82) is 0 Å². The van der Waals surface area contributed by atoms with E-state index in [1.165, 1.54) is 24.5 Å². The predicted molar refractivity (Wildman–Crippen MR) is 110 cm³/mol. The van der Waals surface area contributed by atoms with Crippen molar-refractivity contribution in [3.05, 3.63) is 48.0 Å². The molecule has 9 heteroatoms. The van der Waals surface area contributed by atoms with E-state index in [0.29, 0.717) is 11.1 Å². The zero-order chi connectivity index (χ0) is 20.4. The van der Waals surface area contributed by atoms with Crippen LogP contribution in [0.5, 0.6) is 0 Å². The summed E-state index contributed by atoms with van der Waals surface area (Å²) in [5.41, 5.74) is 3.18. The first-order valence-electron chi connectivity index (χ1n) is 9.63. The Hall–Kier alpha value is -2.62. The van der Waals surface area contributed by atoms with Gasteiger partial charge >= 0.3 is 0 Å². The van der Waals surface area contributed by atoms with Crippen LogP contribution in [0.4, 0.5) is 0 Å². The third-order valence-electron chi connectivity index (χ3n) is 5.46. The van der Waals surface area contributed by atoms with Gasteiger partial charge in [-0.15, -0.1) is 5.10 Å². The number of nitrogens with one attached hydrogen (secondary N) is 1. The van der Waals surface area contributed by atoms with E-state index in [-0.39, 0.29) is 10.7 Å². The van der Waals surface area contributed by atoms with Crippen molar-refractivity contribution in [1.82, 2.24) is 25.5 Å². The molecule has 0 aliphatic carbocycles. The van der Waals surface area contributed by atoms with Crippen LogP contribution in [0.3, 0.4) is 0 Å². The molecule has 1 saturated heterocycles. The minimum absolute atomic E-state index is 0.0138. The first kappa shape index (κ1) is 19.7. The molecule has 1 fully saturated rings. The number of hydrogen-bond donors (Lipinski definition) is 2. The summed E-state index contributed by atoms with van der Waals surface area (Å²) < 4.78 is 24.2. The molecule has 0 radical (unpaired) electrons. The molecule has 0 bridgehead atoms. The Morgan fingerprint density at radius 2 is 1.86 bits per heavy atom. The predicted octanol–water partition coefficient (Wildman–Crippen LogP) is 2.41. The highest BCUT2D eigenvalue weighted by molar-refractivity contribution is 7.89. The second-order valence-corrected chi connectivity index (χ2v) is 9.16. The van der Waals surface area contributed by atoms with Gasteiger partial charge in [0.15, 0.2) is 5.82 Å². The number of sulfonamides is 1. The summed E-state index contributed by atoms with van der Waals surface area (Å²) in [4.78, 5) is 2.46. The summed E-state index contributed by atoms with van der Waals surface area (Å²) in [5.74, 6) is 1.07. The van der Waals surface area contributed by atoms with E-state index >= 15 is 0 Å². The number of benzene rings is 2. The number of aromatic nitrogens is 4. The van der Waals surface area contributed by atoms with Crippen molar-refractivity contribution in [2.75, 3.05) is 13.1 Å². The molecule has 0 unspecified atom stereocenters. The molecule has 0 amide bonds. The summed E-state index contributed by atoms with van der Waals surface area (Å²) in [5, 5.41) is 19.1. The van der Waals surface area contributed by atoms with Crippen molar-refractivity contribution < 1.29 is 8.42 Å². The number of nitrogens with two attached hydrogens (primary N) is 1. The van der Waals surface area contributed by atoms with Gasteiger partial charge in [-0.3, -0.25) is 4.90 Å². The second kappa shape index (κ2) is 8.02. The average molecular weight is 413 g/mol. The molecule has 3 aromatic rings. The number of piperidine rings is 1. The maximum absolute atomic E-state index is 12.1. The molecule has 4 rings (SSSR count). The molecule has 152 valence electrons. The first-order valence-corrected chi connectivity index (χ1v) is 11.2. The van der Waals surface area contributed by atoms with Crippen LogP contribution in [-0.2, 0) is 16.6 Å². The molecule has 0 atom stereocenters. The topological polar surface area (TPSA) is 118 Å². The van der Waals surface area contributed by atoms with Crippen LogP contribution in [0.1, 0.15) is 25.3 Å². The van der Waals surface area contributed by atoms with Crippen molar-refractivity contribution >= 4 is 10.0 Å². The standard InChI is InChI=1S/C20H24N6O2S/c1-14-9-11-26(12-10-14)13-15-5-7-16(8-6-15)17-3-2-4-18(29(21,27)28)19(17)20-22-24-25-23-20/h2-8,14H,9-13H2,1H3,(H2,21,27,28)(H,22,23,24,25). The molecule has 1 aliphatic rings. The van der Waals surface area contributed by atoms with Gasteiger partial charge in [-0.25, -0.2) is 18.7 Å². The summed E-state index contributed by atoms with van der Waals surface area (Å²) in [6.45, 7) is 5.48. The van der Waals surface area contributed by atoms with Gasteiger partial charge in [0.2, 0.25) is 10.0 Å². The third-order valence-corrected chi connectivity index (χ3v) is 6.42. The average Bonchev–Trinajstić information content (AvgIpc) is 3.24. The van der Waals surface area contributed by atoms with Crippen LogP contribution in [0.25, 0.3) is 22.5 Å². The Morgan fingerprint density at radius 1 is 1.14 bits per heavy atom. The third kappa shape index (κ3) is 4.36. The van der Waals surface area contributed by atoms with Crippen LogP contribution >= 0.6 is 0 Å². The molecule has 0 saturated carbocycles. The molecule has 2 aromatic carbocycles. The van der Waals surface area contributed by atoms with Gasteiger partial charge in [0.1, 0.15) is 0 Å². The number of likely N-dealkylation sites (tertiary alicyclic amines) is 1. The minimum atomic E-state index is -3.94. The SMILES string of the molecule is CC1CCN(Cc2ccc(-c3cccc(S(N)(=O)=O)c3-c3nnn[nH]3)cc2)CC1. The van der Waals surface area contributed by atoms with Gasteiger partial charge in [-0.1, -0.05) is 43.3 Å². The zero-order valence-electron chi connectivity index (χ0n) is 16.2. The molecule has 1 aromatic heterocycles. The lowest BCUT2D eigenvalue weighted by atomic mass is 9.97. The van der Waals surface area contributed by atoms with Crippen LogP contribution in [0.2, 0.25) is 0 Å². The lowest BCUT2D eigenvalue weighted by Crippen LogP contribution is -2.32. The van der Waals surface area contributed by atoms with Crippen LogP contribution in [0.15, 0.2) is 47.4 Å². The first-order chi connectivity index (χ1) is 13.9. The lowest BCUT2D eigenvalue weighted by Gasteiger charge is -2.30. The highest BCUT2D eigenvalue weighted by atomic mass is 32.2. The molecule has 0 spiro atoms. The zero-order valence-corrected chi connectivity index (χ0v) is 17.1. The Kier molecular flexibility index (Phi) is 5.44. The van der Waals surface area contributed by atoms with Gasteiger partial charge < -0.3 is 0 Å². The van der Waals surface area contributed by atoms with Crippen molar-refractivity contribution in [3.63, 3.8) is 0 Å². The van der Waals surface area contributed by atoms with Crippen molar-refractivity contribution in [2.45, 2.75) is 31.2 Å². The summed E-state index contributed by atoms with van der Waals surface area (Å²) in [6.07, 6.45) is 2.49. The lowest BCUT2D eigenvalue weighted by molar-refractivity contribution is 0.185. The van der Waals surface area contributed by atoms with Crippen molar-refractivity contribution in [3.8, 4) is 22.5 Å². The molecule has 3 N–H and O–H groups in total. The Labute approximate surface area is 170 Å². The summed E-state index contributed by atoms with van der Waals surface area (Å²) in [7, 11) is -3.94. The molecular formula is C20H24N6O2S. The Morgan fingerprint density at radius 3 is 2.48 bits per heavy atom. The smallest absolute Gasteiger partial charge is 0.238 e. The highest BCUT2D eigenvalue weighted by Gasteiger charge is 2.22. The maximum atomic E-state index is 12.1. The fraction of sp³-hybridized carbons (Fsp3) is 0.350. The fourth-order valence-corrected chi connectivity index (χ4v) is 4.55. The second-order valence-electron chi connectivity index (χ2n) is 7.63. The van der Waals surface area contributed by atoms with Crippen LogP contribution in [-0.4, -0.2) is 47.0 Å². The molecule has 8 nitrogen and oxygen atoms in total. The number of hydrogen-bond acceptors (Lipinski definition) is 6. The van der Waals surface area contributed by atoms with Crippen molar-refractivity contribution in [2.24, 2.45) is 11.1 Å². The van der Waals surface area contributed by atoms with Gasteiger partial charge in [-0.2, -0.15) is 0 Å². The van der Waals surface area contributed by atoms with Gasteiger partial charge in [-0.05, 0) is 65.0 Å². The number of tetrazole rings is 1. The molecule has 2 heterocycles.